The van der Waals surface area contributed by atoms with Crippen LogP contribution in [0.25, 0.3) is 0 Å². The van der Waals surface area contributed by atoms with Crippen molar-refractivity contribution in [2.24, 2.45) is 0 Å². The molecule has 0 fully saturated rings. The molecule has 0 spiro atoms. The summed E-state index contributed by atoms with van der Waals surface area (Å²) in [4.78, 5) is 0. The highest BCUT2D eigenvalue weighted by Crippen LogP contribution is 2.38. The standard InChI is InChI=1S/C17H26O.C2H6/c1-6-17(4,5)14-10-13-8-7-9-18-16(13)15(11-14)12(2)3;1-2/h10-12H,6-9H2,1-5H3;1-2H3. The molecule has 1 aliphatic rings. The van der Waals surface area contributed by atoms with Crippen molar-refractivity contribution < 1.29 is 4.74 Å². The molecule has 0 bridgehead atoms. The first-order chi connectivity index (χ1) is 9.45. The van der Waals surface area contributed by atoms with Gasteiger partial charge in [-0.3, -0.25) is 0 Å². The van der Waals surface area contributed by atoms with Gasteiger partial charge in [-0.15, -0.1) is 0 Å². The van der Waals surface area contributed by atoms with Gasteiger partial charge in [-0.1, -0.05) is 60.6 Å². The van der Waals surface area contributed by atoms with Gasteiger partial charge in [0.2, 0.25) is 0 Å². The van der Waals surface area contributed by atoms with Crippen LogP contribution in [0.4, 0.5) is 0 Å². The predicted octanol–water partition coefficient (Wildman–Crippen LogP) is 5.85. The minimum absolute atomic E-state index is 0.260. The van der Waals surface area contributed by atoms with E-state index in [1.165, 1.54) is 35.3 Å². The maximum Gasteiger partial charge on any atom is 0.125 e. The first kappa shape index (κ1) is 17.1. The Morgan fingerprint density at radius 2 is 1.85 bits per heavy atom. The number of rotatable bonds is 3. The molecule has 1 aromatic rings. The number of aryl methyl sites for hydroxylation is 1. The average molecular weight is 276 g/mol. The van der Waals surface area contributed by atoms with E-state index < -0.39 is 0 Å². The summed E-state index contributed by atoms with van der Waals surface area (Å²) < 4.78 is 5.92. The quantitative estimate of drug-likeness (QED) is 0.673. The maximum atomic E-state index is 5.92. The highest BCUT2D eigenvalue weighted by Gasteiger charge is 2.24. The van der Waals surface area contributed by atoms with Crippen molar-refractivity contribution in [3.63, 3.8) is 0 Å². The Kier molecular flexibility index (Phi) is 6.10. The largest absolute Gasteiger partial charge is 0.493 e. The Labute approximate surface area is 125 Å². The third-order valence-electron chi connectivity index (χ3n) is 4.32. The van der Waals surface area contributed by atoms with Crippen LogP contribution in [0.1, 0.15) is 83.9 Å². The first-order valence-electron chi connectivity index (χ1n) is 8.26. The summed E-state index contributed by atoms with van der Waals surface area (Å²) in [6, 6.07) is 4.75. The van der Waals surface area contributed by atoms with Crippen molar-refractivity contribution >= 4 is 0 Å². The molecule has 0 radical (unpaired) electrons. The highest BCUT2D eigenvalue weighted by molar-refractivity contribution is 5.49. The van der Waals surface area contributed by atoms with Crippen LogP contribution in [0.5, 0.6) is 5.75 Å². The van der Waals surface area contributed by atoms with E-state index in [9.17, 15) is 0 Å². The van der Waals surface area contributed by atoms with Crippen LogP contribution in [0, 0.1) is 0 Å². The lowest BCUT2D eigenvalue weighted by molar-refractivity contribution is 0.283. The summed E-state index contributed by atoms with van der Waals surface area (Å²) in [7, 11) is 0. The molecule has 0 N–H and O–H groups in total. The summed E-state index contributed by atoms with van der Waals surface area (Å²) >= 11 is 0. The zero-order valence-electron chi connectivity index (χ0n) is 14.5. The Balaban J connectivity index is 0.000000956. The molecule has 0 aliphatic carbocycles. The minimum Gasteiger partial charge on any atom is -0.493 e. The second-order valence-electron chi connectivity index (χ2n) is 6.40. The van der Waals surface area contributed by atoms with Crippen molar-refractivity contribution in [1.82, 2.24) is 0 Å². The van der Waals surface area contributed by atoms with Crippen molar-refractivity contribution in [3.05, 3.63) is 28.8 Å². The molecule has 2 rings (SSSR count). The van der Waals surface area contributed by atoms with Gasteiger partial charge in [-0.05, 0) is 47.3 Å². The summed E-state index contributed by atoms with van der Waals surface area (Å²) in [5.41, 5.74) is 4.54. The average Bonchev–Trinajstić information content (AvgIpc) is 2.48. The summed E-state index contributed by atoms with van der Waals surface area (Å²) in [6.45, 7) is 16.3. The molecule has 1 aliphatic heterocycles. The lowest BCUT2D eigenvalue weighted by Gasteiger charge is -2.29. The van der Waals surface area contributed by atoms with Gasteiger partial charge in [0, 0.05) is 0 Å². The molecule has 0 aromatic heterocycles. The molecule has 1 nitrogen and oxygen atoms in total. The zero-order chi connectivity index (χ0) is 15.3. The molecule has 0 saturated carbocycles. The van der Waals surface area contributed by atoms with E-state index >= 15 is 0 Å². The van der Waals surface area contributed by atoms with Gasteiger partial charge in [0.05, 0.1) is 6.61 Å². The fourth-order valence-electron chi connectivity index (χ4n) is 2.54. The second kappa shape index (κ2) is 7.15. The zero-order valence-corrected chi connectivity index (χ0v) is 14.5. The van der Waals surface area contributed by atoms with Crippen LogP contribution in [0.15, 0.2) is 12.1 Å². The Hall–Kier alpha value is -0.980. The van der Waals surface area contributed by atoms with E-state index in [1.54, 1.807) is 0 Å². The van der Waals surface area contributed by atoms with Gasteiger partial charge in [0.15, 0.2) is 0 Å². The molecule has 0 amide bonds. The van der Waals surface area contributed by atoms with Crippen molar-refractivity contribution in [1.29, 1.82) is 0 Å². The number of ether oxygens (including phenoxy) is 1. The minimum atomic E-state index is 0.260. The van der Waals surface area contributed by atoms with Crippen molar-refractivity contribution in [2.45, 2.75) is 79.1 Å². The van der Waals surface area contributed by atoms with E-state index in [2.05, 4.69) is 46.8 Å². The van der Waals surface area contributed by atoms with Crippen LogP contribution in [-0.2, 0) is 11.8 Å². The maximum absolute atomic E-state index is 5.92. The van der Waals surface area contributed by atoms with E-state index in [1.807, 2.05) is 13.8 Å². The predicted molar refractivity (Wildman–Crippen MR) is 89.0 cm³/mol. The van der Waals surface area contributed by atoms with Gasteiger partial charge in [0.1, 0.15) is 5.75 Å². The lowest BCUT2D eigenvalue weighted by Crippen LogP contribution is -2.19. The molecular weight excluding hydrogens is 244 g/mol. The molecule has 1 heterocycles. The van der Waals surface area contributed by atoms with Crippen LogP contribution in [0.3, 0.4) is 0 Å². The number of hydrogen-bond donors (Lipinski definition) is 0. The van der Waals surface area contributed by atoms with E-state index in [0.717, 1.165) is 13.0 Å². The van der Waals surface area contributed by atoms with Gasteiger partial charge in [0.25, 0.3) is 0 Å². The number of hydrogen-bond acceptors (Lipinski definition) is 1. The molecule has 114 valence electrons. The molecule has 1 aromatic carbocycles. The Morgan fingerprint density at radius 1 is 1.20 bits per heavy atom. The van der Waals surface area contributed by atoms with E-state index in [4.69, 9.17) is 4.74 Å². The highest BCUT2D eigenvalue weighted by atomic mass is 16.5. The summed E-state index contributed by atoms with van der Waals surface area (Å²) in [5.74, 6) is 1.70. The third kappa shape index (κ3) is 3.56. The topological polar surface area (TPSA) is 9.23 Å². The Bertz CT molecular complexity index is 430. The fraction of sp³-hybridized carbons (Fsp3) is 0.684. The molecule has 1 heteroatoms. The summed E-state index contributed by atoms with van der Waals surface area (Å²) in [5, 5.41) is 0. The molecule has 0 unspecified atom stereocenters. The van der Waals surface area contributed by atoms with Crippen molar-refractivity contribution in [3.8, 4) is 5.75 Å². The van der Waals surface area contributed by atoms with Gasteiger partial charge in [-0.25, -0.2) is 0 Å². The van der Waals surface area contributed by atoms with E-state index in [-0.39, 0.29) is 5.41 Å². The van der Waals surface area contributed by atoms with Gasteiger partial charge in [-0.2, -0.15) is 0 Å². The van der Waals surface area contributed by atoms with Crippen LogP contribution < -0.4 is 4.74 Å². The molecule has 20 heavy (non-hydrogen) atoms. The second-order valence-corrected chi connectivity index (χ2v) is 6.40. The van der Waals surface area contributed by atoms with Crippen molar-refractivity contribution in [2.75, 3.05) is 6.61 Å². The van der Waals surface area contributed by atoms with Gasteiger partial charge < -0.3 is 4.74 Å². The first-order valence-corrected chi connectivity index (χ1v) is 8.26. The van der Waals surface area contributed by atoms with Crippen LogP contribution in [-0.4, -0.2) is 6.61 Å². The van der Waals surface area contributed by atoms with Crippen LogP contribution in [0.2, 0.25) is 0 Å². The molecule has 0 atom stereocenters. The number of benzene rings is 1. The monoisotopic (exact) mass is 276 g/mol. The summed E-state index contributed by atoms with van der Waals surface area (Å²) in [6.07, 6.45) is 3.49. The normalized spacial score (nSPS) is 14.2. The molecular formula is C19H32O. The third-order valence-corrected chi connectivity index (χ3v) is 4.32. The Morgan fingerprint density at radius 3 is 2.40 bits per heavy atom. The number of fused-ring (bicyclic) bond motifs is 1. The van der Waals surface area contributed by atoms with Crippen LogP contribution >= 0.6 is 0 Å². The lowest BCUT2D eigenvalue weighted by atomic mass is 9.79. The molecule has 0 saturated heterocycles. The SMILES string of the molecule is CC.CCC(C)(C)c1cc2c(c(C(C)C)c1)OCCC2. The fourth-order valence-corrected chi connectivity index (χ4v) is 2.54. The van der Waals surface area contributed by atoms with E-state index in [0.29, 0.717) is 5.92 Å². The van der Waals surface area contributed by atoms with Gasteiger partial charge >= 0.3 is 0 Å². The smallest absolute Gasteiger partial charge is 0.125 e.